The third kappa shape index (κ3) is 2.43. The quantitative estimate of drug-likeness (QED) is 0.779. The molecule has 1 aliphatic rings. The molecule has 1 atom stereocenters. The van der Waals surface area contributed by atoms with E-state index >= 15 is 0 Å². The van der Waals surface area contributed by atoms with Crippen molar-refractivity contribution < 1.29 is 0 Å². The number of alkyl halides is 1. The minimum Gasteiger partial charge on any atom is -0.324 e. The van der Waals surface area contributed by atoms with Crippen molar-refractivity contribution in [2.75, 3.05) is 23.8 Å². The molecule has 86 valence electrons. The molecule has 0 fully saturated rings. The highest BCUT2D eigenvalue weighted by molar-refractivity contribution is 9.09. The van der Waals surface area contributed by atoms with Gasteiger partial charge >= 0.3 is 0 Å². The summed E-state index contributed by atoms with van der Waals surface area (Å²) >= 11 is 5.36. The summed E-state index contributed by atoms with van der Waals surface area (Å²) in [6.45, 7) is 3.05. The summed E-state index contributed by atoms with van der Waals surface area (Å²) in [6, 6.07) is 8.41. The zero-order valence-electron chi connectivity index (χ0n) is 9.48. The molecule has 1 aromatic rings. The maximum Gasteiger partial charge on any atom is 0.163 e. The van der Waals surface area contributed by atoms with E-state index in [-0.39, 0.29) is 0 Å². The maximum atomic E-state index is 4.58. The molecule has 0 saturated carbocycles. The predicted octanol–water partition coefficient (Wildman–Crippen LogP) is 3.30. The van der Waals surface area contributed by atoms with Gasteiger partial charge in [0, 0.05) is 23.3 Å². The summed E-state index contributed by atoms with van der Waals surface area (Å²) in [4.78, 5) is 6.76. The first-order valence-electron chi connectivity index (χ1n) is 5.29. The van der Waals surface area contributed by atoms with Crippen LogP contribution in [0.5, 0.6) is 0 Å². The Morgan fingerprint density at radius 3 is 2.88 bits per heavy atom. The van der Waals surface area contributed by atoms with Crippen molar-refractivity contribution in [3.05, 3.63) is 29.8 Å². The van der Waals surface area contributed by atoms with Crippen LogP contribution in [0.1, 0.15) is 5.56 Å². The molecular formula is C12H15BrN2S. The molecule has 0 N–H and O–H groups in total. The number of benzene rings is 1. The number of nitrogens with zero attached hydrogens (tertiary/aromatic N) is 2. The van der Waals surface area contributed by atoms with Gasteiger partial charge in [0.25, 0.3) is 0 Å². The first kappa shape index (κ1) is 12.0. The van der Waals surface area contributed by atoms with Crippen molar-refractivity contribution in [3.63, 3.8) is 0 Å². The van der Waals surface area contributed by atoms with Crippen molar-refractivity contribution in [2.24, 2.45) is 4.99 Å². The molecule has 2 nitrogen and oxygen atoms in total. The van der Waals surface area contributed by atoms with Crippen molar-refractivity contribution in [1.82, 2.24) is 0 Å². The number of aryl methyl sites for hydroxylation is 1. The monoisotopic (exact) mass is 298 g/mol. The minimum absolute atomic E-state index is 0.585. The molecule has 2 rings (SSSR count). The summed E-state index contributed by atoms with van der Waals surface area (Å²) in [5.41, 5.74) is 2.53. The van der Waals surface area contributed by atoms with Crippen molar-refractivity contribution in [3.8, 4) is 0 Å². The molecule has 0 amide bonds. The van der Waals surface area contributed by atoms with E-state index in [1.165, 1.54) is 11.3 Å². The Bertz CT molecular complexity index is 406. The lowest BCUT2D eigenvalue weighted by atomic mass is 10.2. The summed E-state index contributed by atoms with van der Waals surface area (Å²) in [5.74, 6) is 0. The molecule has 0 saturated heterocycles. The van der Waals surface area contributed by atoms with Gasteiger partial charge in [-0.1, -0.05) is 45.9 Å². The number of para-hydroxylation sites is 1. The Balaban J connectivity index is 2.15. The fourth-order valence-electron chi connectivity index (χ4n) is 1.71. The van der Waals surface area contributed by atoms with Crippen molar-refractivity contribution in [1.29, 1.82) is 0 Å². The van der Waals surface area contributed by atoms with Crippen LogP contribution in [-0.2, 0) is 0 Å². The fourth-order valence-corrected chi connectivity index (χ4v) is 3.23. The van der Waals surface area contributed by atoms with Gasteiger partial charge in [-0.25, -0.2) is 0 Å². The van der Waals surface area contributed by atoms with Gasteiger partial charge in [-0.2, -0.15) is 0 Å². The van der Waals surface area contributed by atoms with Crippen LogP contribution in [0.3, 0.4) is 0 Å². The molecule has 4 heteroatoms. The van der Waals surface area contributed by atoms with Crippen LogP contribution in [0, 0.1) is 6.92 Å². The summed E-state index contributed by atoms with van der Waals surface area (Å²) in [7, 11) is 2.09. The van der Waals surface area contributed by atoms with Crippen LogP contribution in [-0.4, -0.2) is 29.3 Å². The standard InChI is InChI=1S/C12H15BrN2S/c1-9-5-3-4-6-11(9)15(2)12-14-8-10(7-13)16-12/h3-6,10H,7-8H2,1-2H3. The Morgan fingerprint density at radius 2 is 2.25 bits per heavy atom. The second-order valence-corrected chi connectivity index (χ2v) is 5.78. The highest BCUT2D eigenvalue weighted by atomic mass is 79.9. The molecule has 0 bridgehead atoms. The smallest absolute Gasteiger partial charge is 0.163 e. The average Bonchev–Trinajstić information content (AvgIpc) is 2.77. The second kappa shape index (κ2) is 5.23. The minimum atomic E-state index is 0.585. The number of amidine groups is 1. The number of aliphatic imine (C=N–C) groups is 1. The summed E-state index contributed by atoms with van der Waals surface area (Å²) in [6.07, 6.45) is 0. The number of thioether (sulfide) groups is 1. The van der Waals surface area contributed by atoms with E-state index in [1.54, 1.807) is 0 Å². The molecular weight excluding hydrogens is 284 g/mol. The van der Waals surface area contributed by atoms with Gasteiger partial charge < -0.3 is 4.90 Å². The van der Waals surface area contributed by atoms with Gasteiger partial charge in [0.2, 0.25) is 0 Å². The first-order chi connectivity index (χ1) is 7.72. The van der Waals surface area contributed by atoms with E-state index in [0.717, 1.165) is 17.0 Å². The fraction of sp³-hybridized carbons (Fsp3) is 0.417. The molecule has 1 heterocycles. The van der Waals surface area contributed by atoms with Gasteiger partial charge in [-0.05, 0) is 18.6 Å². The second-order valence-electron chi connectivity index (χ2n) is 3.86. The number of hydrogen-bond donors (Lipinski definition) is 0. The largest absolute Gasteiger partial charge is 0.324 e. The average molecular weight is 299 g/mol. The van der Waals surface area contributed by atoms with Crippen LogP contribution in [0.4, 0.5) is 5.69 Å². The van der Waals surface area contributed by atoms with Crippen LogP contribution < -0.4 is 4.90 Å². The topological polar surface area (TPSA) is 15.6 Å². The maximum absolute atomic E-state index is 4.58. The van der Waals surface area contributed by atoms with Gasteiger partial charge in [0.05, 0.1) is 6.54 Å². The van der Waals surface area contributed by atoms with Crippen LogP contribution >= 0.6 is 27.7 Å². The highest BCUT2D eigenvalue weighted by Crippen LogP contribution is 2.28. The van der Waals surface area contributed by atoms with Gasteiger partial charge in [0.1, 0.15) is 0 Å². The van der Waals surface area contributed by atoms with Gasteiger partial charge in [-0.3, -0.25) is 4.99 Å². The molecule has 1 aromatic carbocycles. The van der Waals surface area contributed by atoms with Crippen LogP contribution in [0.15, 0.2) is 29.3 Å². The predicted molar refractivity (Wildman–Crippen MR) is 77.1 cm³/mol. The summed E-state index contributed by atoms with van der Waals surface area (Å²) in [5, 5.41) is 2.71. The molecule has 0 aromatic heterocycles. The van der Waals surface area contributed by atoms with Crippen molar-refractivity contribution in [2.45, 2.75) is 12.2 Å². The molecule has 1 aliphatic heterocycles. The Kier molecular flexibility index (Phi) is 3.92. The summed E-state index contributed by atoms with van der Waals surface area (Å²) < 4.78 is 0. The molecule has 16 heavy (non-hydrogen) atoms. The van der Waals surface area contributed by atoms with Gasteiger partial charge in [-0.15, -0.1) is 0 Å². The van der Waals surface area contributed by atoms with Crippen LogP contribution in [0.25, 0.3) is 0 Å². The molecule has 0 spiro atoms. The highest BCUT2D eigenvalue weighted by Gasteiger charge is 2.22. The number of hydrogen-bond acceptors (Lipinski definition) is 3. The Labute approximate surface area is 109 Å². The van der Waals surface area contributed by atoms with Gasteiger partial charge in [0.15, 0.2) is 5.17 Å². The lowest BCUT2D eigenvalue weighted by Gasteiger charge is -2.20. The van der Waals surface area contributed by atoms with E-state index in [1.807, 2.05) is 11.8 Å². The van der Waals surface area contributed by atoms with E-state index in [4.69, 9.17) is 0 Å². The first-order valence-corrected chi connectivity index (χ1v) is 7.29. The third-order valence-corrected chi connectivity index (χ3v) is 5.11. The Morgan fingerprint density at radius 1 is 1.50 bits per heavy atom. The van der Waals surface area contributed by atoms with E-state index < -0.39 is 0 Å². The SMILES string of the molecule is Cc1ccccc1N(C)C1=NCC(CBr)S1. The van der Waals surface area contributed by atoms with Crippen LogP contribution in [0.2, 0.25) is 0 Å². The van der Waals surface area contributed by atoms with E-state index in [0.29, 0.717) is 5.25 Å². The van der Waals surface area contributed by atoms with E-state index in [9.17, 15) is 0 Å². The van der Waals surface area contributed by atoms with E-state index in [2.05, 4.69) is 64.1 Å². The third-order valence-electron chi connectivity index (χ3n) is 2.64. The number of anilines is 1. The lowest BCUT2D eigenvalue weighted by molar-refractivity contribution is 0.989. The normalized spacial score (nSPS) is 19.7. The number of rotatable bonds is 2. The molecule has 0 aliphatic carbocycles. The zero-order chi connectivity index (χ0) is 11.5. The zero-order valence-corrected chi connectivity index (χ0v) is 11.9. The number of halogens is 1. The van der Waals surface area contributed by atoms with Crippen molar-refractivity contribution >= 4 is 38.5 Å². The molecule has 0 radical (unpaired) electrons. The lowest BCUT2D eigenvalue weighted by Crippen LogP contribution is -2.23. The Hall–Kier alpha value is -0.480. The molecule has 1 unspecified atom stereocenters.